The zero-order chi connectivity index (χ0) is 17.2. The molecule has 1 fully saturated rings. The summed E-state index contributed by atoms with van der Waals surface area (Å²) < 4.78 is 0. The van der Waals surface area contributed by atoms with Crippen LogP contribution in [0.15, 0.2) is 0 Å². The molecule has 0 spiro atoms. The lowest BCUT2D eigenvalue weighted by molar-refractivity contribution is -0.138. The van der Waals surface area contributed by atoms with Crippen LogP contribution < -0.4 is 11.1 Å². The van der Waals surface area contributed by atoms with Gasteiger partial charge in [-0.3, -0.25) is 9.59 Å². The van der Waals surface area contributed by atoms with Crippen LogP contribution in [0.4, 0.5) is 0 Å². The van der Waals surface area contributed by atoms with Crippen LogP contribution in [0.2, 0.25) is 0 Å². The second-order valence-electron chi connectivity index (χ2n) is 4.54. The van der Waals surface area contributed by atoms with Gasteiger partial charge in [0.15, 0.2) is 0 Å². The van der Waals surface area contributed by atoms with Gasteiger partial charge in [-0.05, 0) is 32.1 Å². The second-order valence-corrected chi connectivity index (χ2v) is 7.24. The van der Waals surface area contributed by atoms with Crippen molar-refractivity contribution in [2.75, 3.05) is 18.1 Å². The number of rotatable bonds is 8. The van der Waals surface area contributed by atoms with Gasteiger partial charge >= 0.3 is 5.97 Å². The molecule has 132 valence electrons. The van der Waals surface area contributed by atoms with Crippen molar-refractivity contribution >= 4 is 33.5 Å². The Balaban J connectivity index is 0. The summed E-state index contributed by atoms with van der Waals surface area (Å²) in [5.74, 6) is 1.85. The van der Waals surface area contributed by atoms with Gasteiger partial charge in [-0.1, -0.05) is 42.4 Å². The Morgan fingerprint density at radius 2 is 1.82 bits per heavy atom. The van der Waals surface area contributed by atoms with E-state index in [1.165, 1.54) is 17.9 Å². The SMILES string of the molecule is C1CSSC1.CC.CCCC(=O)NCCCC[C@H](N)C(=O)O. The van der Waals surface area contributed by atoms with Crippen LogP contribution in [0, 0.1) is 0 Å². The average Bonchev–Trinajstić information content (AvgIpc) is 3.08. The Morgan fingerprint density at radius 1 is 1.23 bits per heavy atom. The number of nitrogens with two attached hydrogens (primary N) is 1. The summed E-state index contributed by atoms with van der Waals surface area (Å²) in [6, 6.07) is -0.781. The highest BCUT2D eigenvalue weighted by Crippen LogP contribution is 2.29. The van der Waals surface area contributed by atoms with E-state index in [1.807, 2.05) is 42.4 Å². The molecule has 0 aromatic carbocycles. The summed E-state index contributed by atoms with van der Waals surface area (Å²) in [5.41, 5.74) is 5.32. The summed E-state index contributed by atoms with van der Waals surface area (Å²) in [7, 11) is 3.98. The lowest BCUT2D eigenvalue weighted by atomic mass is 10.1. The fraction of sp³-hybridized carbons (Fsp3) is 0.867. The van der Waals surface area contributed by atoms with Crippen molar-refractivity contribution in [3.63, 3.8) is 0 Å². The number of aliphatic carboxylic acids is 1. The normalized spacial score (nSPS) is 14.0. The third kappa shape index (κ3) is 17.7. The third-order valence-corrected chi connectivity index (χ3v) is 5.17. The van der Waals surface area contributed by atoms with Crippen molar-refractivity contribution in [1.29, 1.82) is 0 Å². The van der Waals surface area contributed by atoms with E-state index in [1.54, 1.807) is 0 Å². The summed E-state index contributed by atoms with van der Waals surface area (Å²) in [4.78, 5) is 21.4. The fourth-order valence-corrected chi connectivity index (χ4v) is 3.81. The predicted molar refractivity (Wildman–Crippen MR) is 98.3 cm³/mol. The first-order valence-electron chi connectivity index (χ1n) is 8.07. The van der Waals surface area contributed by atoms with Gasteiger partial charge in [0.25, 0.3) is 0 Å². The summed E-state index contributed by atoms with van der Waals surface area (Å²) >= 11 is 0. The molecule has 1 aliphatic rings. The van der Waals surface area contributed by atoms with Crippen molar-refractivity contribution in [3.8, 4) is 0 Å². The molecule has 0 aromatic rings. The number of carbonyl (C=O) groups excluding carboxylic acids is 1. The van der Waals surface area contributed by atoms with Gasteiger partial charge < -0.3 is 16.2 Å². The zero-order valence-electron chi connectivity index (χ0n) is 14.1. The molecule has 0 radical (unpaired) electrons. The molecule has 0 aliphatic carbocycles. The maximum atomic E-state index is 11.0. The molecule has 1 aliphatic heterocycles. The first-order chi connectivity index (χ1) is 10.6. The number of carbonyl (C=O) groups is 2. The molecule has 1 rings (SSSR count). The van der Waals surface area contributed by atoms with Crippen LogP contribution in [0.25, 0.3) is 0 Å². The molecule has 22 heavy (non-hydrogen) atoms. The summed E-state index contributed by atoms with van der Waals surface area (Å²) in [5, 5.41) is 11.3. The third-order valence-electron chi connectivity index (χ3n) is 2.60. The number of hydrogen-bond donors (Lipinski definition) is 3. The standard InChI is InChI=1S/C10H20N2O3.C3H6S2.C2H6/c1-2-5-9(13)12-7-4-3-6-8(11)10(14)15;1-2-4-5-3-1;1-2/h8H,2-7,11H2,1H3,(H,12,13)(H,14,15);1-3H2;1-2H3/t8-;;/m0../s1. The highest BCUT2D eigenvalue weighted by Gasteiger charge is 2.09. The van der Waals surface area contributed by atoms with Crippen molar-refractivity contribution < 1.29 is 14.7 Å². The van der Waals surface area contributed by atoms with Crippen LogP contribution in [-0.2, 0) is 9.59 Å². The van der Waals surface area contributed by atoms with E-state index < -0.39 is 12.0 Å². The van der Waals surface area contributed by atoms with Gasteiger partial charge in [0, 0.05) is 24.5 Å². The smallest absolute Gasteiger partial charge is 0.320 e. The van der Waals surface area contributed by atoms with E-state index in [-0.39, 0.29) is 5.91 Å². The fourth-order valence-electron chi connectivity index (χ4n) is 1.45. The van der Waals surface area contributed by atoms with E-state index in [0.29, 0.717) is 19.4 Å². The first-order valence-corrected chi connectivity index (χ1v) is 10.6. The van der Waals surface area contributed by atoms with Gasteiger partial charge in [0.1, 0.15) is 6.04 Å². The van der Waals surface area contributed by atoms with Gasteiger partial charge in [-0.25, -0.2) is 0 Å². The molecule has 1 atom stereocenters. The average molecular weight is 353 g/mol. The minimum atomic E-state index is -0.968. The Morgan fingerprint density at radius 3 is 2.23 bits per heavy atom. The molecular formula is C15H32N2O3S2. The molecule has 0 unspecified atom stereocenters. The van der Waals surface area contributed by atoms with E-state index >= 15 is 0 Å². The van der Waals surface area contributed by atoms with E-state index in [4.69, 9.17) is 10.8 Å². The quantitative estimate of drug-likeness (QED) is 0.458. The Hall–Kier alpha value is -0.400. The van der Waals surface area contributed by atoms with E-state index in [0.717, 1.165) is 19.3 Å². The topological polar surface area (TPSA) is 92.4 Å². The number of carboxylic acids is 1. The monoisotopic (exact) mass is 352 g/mol. The highest BCUT2D eigenvalue weighted by molar-refractivity contribution is 8.77. The molecule has 4 N–H and O–H groups in total. The lowest BCUT2D eigenvalue weighted by Gasteiger charge is -2.06. The predicted octanol–water partition coefficient (Wildman–Crippen LogP) is 3.28. The van der Waals surface area contributed by atoms with Crippen molar-refractivity contribution in [3.05, 3.63) is 0 Å². The summed E-state index contributed by atoms with van der Waals surface area (Å²) in [6.45, 7) is 6.55. The van der Waals surface area contributed by atoms with Crippen molar-refractivity contribution in [1.82, 2.24) is 5.32 Å². The van der Waals surface area contributed by atoms with E-state index in [2.05, 4.69) is 5.32 Å². The lowest BCUT2D eigenvalue weighted by Crippen LogP contribution is -2.30. The molecule has 1 saturated heterocycles. The zero-order valence-corrected chi connectivity index (χ0v) is 15.7. The summed E-state index contributed by atoms with van der Waals surface area (Å²) in [6.07, 6.45) is 4.77. The van der Waals surface area contributed by atoms with Gasteiger partial charge in [-0.15, -0.1) is 0 Å². The van der Waals surface area contributed by atoms with Crippen LogP contribution >= 0.6 is 21.6 Å². The number of amides is 1. The molecule has 0 bridgehead atoms. The largest absolute Gasteiger partial charge is 0.480 e. The van der Waals surface area contributed by atoms with Crippen LogP contribution in [-0.4, -0.2) is 41.1 Å². The maximum Gasteiger partial charge on any atom is 0.320 e. The number of hydrogen-bond acceptors (Lipinski definition) is 5. The Bertz CT molecular complexity index is 268. The van der Waals surface area contributed by atoms with Gasteiger partial charge in [-0.2, -0.15) is 0 Å². The number of carboxylic acid groups (broad SMARTS) is 1. The molecule has 1 amide bonds. The molecule has 0 saturated carbocycles. The van der Waals surface area contributed by atoms with Gasteiger partial charge in [0.2, 0.25) is 5.91 Å². The van der Waals surface area contributed by atoms with Crippen molar-refractivity contribution in [2.45, 2.75) is 65.3 Å². The second kappa shape index (κ2) is 18.6. The van der Waals surface area contributed by atoms with Gasteiger partial charge in [0.05, 0.1) is 0 Å². The maximum absolute atomic E-state index is 11.0. The molecule has 7 heteroatoms. The van der Waals surface area contributed by atoms with E-state index in [9.17, 15) is 9.59 Å². The molecule has 5 nitrogen and oxygen atoms in total. The number of unbranched alkanes of at least 4 members (excludes halogenated alkanes) is 1. The number of nitrogens with one attached hydrogen (secondary N) is 1. The first kappa shape index (κ1) is 23.9. The minimum Gasteiger partial charge on any atom is -0.480 e. The highest BCUT2D eigenvalue weighted by atomic mass is 33.1. The molecule has 0 aromatic heterocycles. The Kier molecular flexibility index (Phi) is 20.2. The minimum absolute atomic E-state index is 0.0556. The Labute approximate surface area is 143 Å². The molecular weight excluding hydrogens is 320 g/mol. The van der Waals surface area contributed by atoms with Crippen LogP contribution in [0.5, 0.6) is 0 Å². The van der Waals surface area contributed by atoms with Crippen LogP contribution in [0.1, 0.15) is 59.3 Å². The molecule has 1 heterocycles. The van der Waals surface area contributed by atoms with Crippen LogP contribution in [0.3, 0.4) is 0 Å². The van der Waals surface area contributed by atoms with Crippen molar-refractivity contribution in [2.24, 2.45) is 5.73 Å².